The fraction of sp³-hybridized carbons (Fsp3) is 0.400. The fourth-order valence-electron chi connectivity index (χ4n) is 5.58. The molecule has 3 aliphatic rings. The number of carbonyl (C=O) groups is 2. The van der Waals surface area contributed by atoms with Crippen LogP contribution in [0.25, 0.3) is 11.1 Å². The van der Waals surface area contributed by atoms with Gasteiger partial charge in [0.15, 0.2) is 17.4 Å². The lowest BCUT2D eigenvalue weighted by molar-refractivity contribution is -0.139. The molecule has 3 N–H and O–H groups in total. The van der Waals surface area contributed by atoms with Gasteiger partial charge in [-0.15, -0.1) is 6.58 Å². The van der Waals surface area contributed by atoms with Gasteiger partial charge in [0.05, 0.1) is 11.9 Å². The van der Waals surface area contributed by atoms with Crippen molar-refractivity contribution in [3.63, 3.8) is 0 Å². The van der Waals surface area contributed by atoms with E-state index in [0.29, 0.717) is 5.92 Å². The summed E-state index contributed by atoms with van der Waals surface area (Å²) in [7, 11) is 0. The summed E-state index contributed by atoms with van der Waals surface area (Å²) >= 11 is 0. The Hall–Kier alpha value is -3.38. The Morgan fingerprint density at radius 3 is 2.58 bits per heavy atom. The molecule has 3 atom stereocenters. The van der Waals surface area contributed by atoms with E-state index in [1.165, 1.54) is 5.56 Å². The average molecular weight is 487 g/mol. The van der Waals surface area contributed by atoms with E-state index in [1.807, 2.05) is 24.3 Å². The van der Waals surface area contributed by atoms with Gasteiger partial charge in [0.25, 0.3) is 0 Å². The summed E-state index contributed by atoms with van der Waals surface area (Å²) in [6.07, 6.45) is 12.9. The number of benzene rings is 2. The lowest BCUT2D eigenvalue weighted by Crippen LogP contribution is -2.25. The molecule has 2 aliphatic carbocycles. The summed E-state index contributed by atoms with van der Waals surface area (Å²) in [5.74, 6) is -0.271. The number of nitrogens with one attached hydrogen (secondary N) is 2. The Labute approximate surface area is 212 Å². The molecule has 0 spiro atoms. The van der Waals surface area contributed by atoms with Gasteiger partial charge in [0.2, 0.25) is 0 Å². The second-order valence-corrected chi connectivity index (χ2v) is 10.5. The first-order valence-corrected chi connectivity index (χ1v) is 12.8. The molecular weight excluding hydrogens is 452 g/mol. The third-order valence-corrected chi connectivity index (χ3v) is 8.14. The lowest BCUT2D eigenvalue weighted by Gasteiger charge is -2.16. The van der Waals surface area contributed by atoms with E-state index in [0.717, 1.165) is 67.3 Å². The number of aliphatic carboxylic acids is 1. The van der Waals surface area contributed by atoms with Crippen molar-refractivity contribution in [3.05, 3.63) is 78.6 Å². The SMILES string of the molecule is C=CCCCC1(C/C=C/OC2(C(C)=O)CC2)C[C@H]1c1ccc(-c2ccc3c(c2)NNC3C(=O)O)cc1. The van der Waals surface area contributed by atoms with Gasteiger partial charge in [0.1, 0.15) is 0 Å². The van der Waals surface area contributed by atoms with Crippen molar-refractivity contribution < 1.29 is 19.4 Å². The van der Waals surface area contributed by atoms with Crippen LogP contribution in [0.3, 0.4) is 0 Å². The molecule has 0 bridgehead atoms. The van der Waals surface area contributed by atoms with E-state index in [2.05, 4.69) is 47.8 Å². The van der Waals surface area contributed by atoms with Gasteiger partial charge in [-0.05, 0) is 92.0 Å². The first kappa shape index (κ1) is 24.3. The van der Waals surface area contributed by atoms with Gasteiger partial charge in [0, 0.05) is 5.56 Å². The number of hydrogen-bond acceptors (Lipinski definition) is 5. The number of rotatable bonds is 12. The third-order valence-electron chi connectivity index (χ3n) is 8.14. The van der Waals surface area contributed by atoms with Crippen LogP contribution in [0.5, 0.6) is 0 Å². The average Bonchev–Trinajstić information content (AvgIpc) is 3.77. The maximum Gasteiger partial charge on any atom is 0.327 e. The van der Waals surface area contributed by atoms with Crippen molar-refractivity contribution in [1.82, 2.24) is 5.43 Å². The van der Waals surface area contributed by atoms with Crippen LogP contribution < -0.4 is 10.9 Å². The molecule has 1 heterocycles. The van der Waals surface area contributed by atoms with Crippen molar-refractivity contribution in [1.29, 1.82) is 0 Å². The largest absolute Gasteiger partial charge is 0.487 e. The summed E-state index contributed by atoms with van der Waals surface area (Å²) in [6, 6.07) is 13.9. The second-order valence-electron chi connectivity index (χ2n) is 10.5. The smallest absolute Gasteiger partial charge is 0.327 e. The Morgan fingerprint density at radius 1 is 1.17 bits per heavy atom. The minimum absolute atomic E-state index is 0.120. The van der Waals surface area contributed by atoms with Crippen LogP contribution in [-0.2, 0) is 14.3 Å². The van der Waals surface area contributed by atoms with E-state index >= 15 is 0 Å². The fourth-order valence-corrected chi connectivity index (χ4v) is 5.58. The number of carboxylic acid groups (broad SMARTS) is 1. The van der Waals surface area contributed by atoms with E-state index in [4.69, 9.17) is 4.74 Å². The molecule has 0 aromatic heterocycles. The molecule has 6 heteroatoms. The van der Waals surface area contributed by atoms with E-state index < -0.39 is 17.6 Å². The minimum Gasteiger partial charge on any atom is -0.487 e. The Morgan fingerprint density at radius 2 is 1.92 bits per heavy atom. The number of carbonyl (C=O) groups excluding carboxylic acids is 1. The number of fused-ring (bicyclic) bond motifs is 1. The van der Waals surface area contributed by atoms with Gasteiger partial charge in [-0.3, -0.25) is 9.59 Å². The van der Waals surface area contributed by atoms with Gasteiger partial charge in [-0.2, -0.15) is 0 Å². The topological polar surface area (TPSA) is 87.7 Å². The van der Waals surface area contributed by atoms with Crippen LogP contribution in [0.2, 0.25) is 0 Å². The first-order chi connectivity index (χ1) is 17.4. The highest BCUT2D eigenvalue weighted by Crippen LogP contribution is 2.64. The van der Waals surface area contributed by atoms with Crippen molar-refractivity contribution in [2.75, 3.05) is 5.43 Å². The van der Waals surface area contributed by atoms with E-state index in [-0.39, 0.29) is 11.2 Å². The molecule has 2 unspecified atom stereocenters. The first-order valence-electron chi connectivity index (χ1n) is 12.8. The summed E-state index contributed by atoms with van der Waals surface area (Å²) in [5.41, 5.74) is 10.5. The summed E-state index contributed by atoms with van der Waals surface area (Å²) in [5, 5.41) is 9.34. The zero-order chi connectivity index (χ0) is 25.3. The Balaban J connectivity index is 1.26. The predicted octanol–water partition coefficient (Wildman–Crippen LogP) is 6.28. The molecule has 0 amide bonds. The quantitative estimate of drug-likeness (QED) is 0.186. The van der Waals surface area contributed by atoms with Crippen LogP contribution in [0.15, 0.2) is 67.5 Å². The maximum absolute atomic E-state index is 11.8. The molecule has 2 aromatic rings. The van der Waals surface area contributed by atoms with Crippen molar-refractivity contribution in [3.8, 4) is 11.1 Å². The molecular formula is C30H34N2O4. The summed E-state index contributed by atoms with van der Waals surface area (Å²) < 4.78 is 5.82. The molecule has 2 fully saturated rings. The number of unbranched alkanes of at least 4 members (excludes halogenated alkanes) is 1. The Bertz CT molecular complexity index is 1200. The molecule has 2 saturated carbocycles. The van der Waals surface area contributed by atoms with Crippen LogP contribution >= 0.6 is 0 Å². The predicted molar refractivity (Wildman–Crippen MR) is 140 cm³/mol. The standard InChI is InChI=1S/C30H34N2O4/c1-3-4-5-13-29(14-6-17-36-30(15-16-30)20(2)33)19-25(29)22-9-7-21(8-10-22)23-11-12-24-26(18-23)31-32-27(24)28(34)35/h3,6-12,17-18,25,27,31-32H,1,4-5,13-16,19H2,2H3,(H,34,35)/b17-6+/t25-,27?,29?/m0/s1. The number of hydrazine groups is 1. The number of ether oxygens (including phenoxy) is 1. The second kappa shape index (κ2) is 9.58. The monoisotopic (exact) mass is 486 g/mol. The van der Waals surface area contributed by atoms with E-state index in [9.17, 15) is 14.7 Å². The highest BCUT2D eigenvalue weighted by Gasteiger charge is 2.53. The van der Waals surface area contributed by atoms with Crippen molar-refractivity contribution >= 4 is 17.4 Å². The van der Waals surface area contributed by atoms with Gasteiger partial charge in [-0.1, -0.05) is 42.5 Å². The molecule has 0 saturated heterocycles. The molecule has 6 nitrogen and oxygen atoms in total. The van der Waals surface area contributed by atoms with Crippen molar-refractivity contribution in [2.24, 2.45) is 5.41 Å². The lowest BCUT2D eigenvalue weighted by atomic mass is 9.89. The zero-order valence-electron chi connectivity index (χ0n) is 20.8. The van der Waals surface area contributed by atoms with Gasteiger partial charge >= 0.3 is 5.97 Å². The van der Waals surface area contributed by atoms with Crippen LogP contribution in [0.4, 0.5) is 5.69 Å². The minimum atomic E-state index is -0.897. The molecule has 5 rings (SSSR count). The Kier molecular flexibility index (Phi) is 6.47. The number of allylic oxidation sites excluding steroid dienone is 2. The number of ketones is 1. The third kappa shape index (κ3) is 4.70. The molecule has 0 radical (unpaired) electrons. The normalized spacial score (nSPS) is 25.1. The number of carboxylic acids is 1. The van der Waals surface area contributed by atoms with Gasteiger partial charge in [-0.25, -0.2) is 5.43 Å². The summed E-state index contributed by atoms with van der Waals surface area (Å²) in [6.45, 7) is 5.49. The zero-order valence-corrected chi connectivity index (χ0v) is 20.8. The maximum atomic E-state index is 11.8. The van der Waals surface area contributed by atoms with Crippen LogP contribution in [0, 0.1) is 5.41 Å². The highest BCUT2D eigenvalue weighted by molar-refractivity contribution is 5.88. The summed E-state index contributed by atoms with van der Waals surface area (Å²) in [4.78, 5) is 23.2. The van der Waals surface area contributed by atoms with Crippen LogP contribution in [0.1, 0.15) is 75.0 Å². The van der Waals surface area contributed by atoms with Crippen molar-refractivity contribution in [2.45, 2.75) is 69.4 Å². The molecule has 2 aromatic carbocycles. The van der Waals surface area contributed by atoms with E-state index in [1.54, 1.807) is 13.2 Å². The van der Waals surface area contributed by atoms with Gasteiger partial charge < -0.3 is 15.3 Å². The molecule has 36 heavy (non-hydrogen) atoms. The molecule has 1 aliphatic heterocycles. The number of Topliss-reactive ketones (excluding diaryl/α,β-unsaturated/α-hetero) is 1. The number of anilines is 1. The number of hydrogen-bond donors (Lipinski definition) is 3. The van der Waals surface area contributed by atoms with Crippen LogP contribution in [-0.4, -0.2) is 22.5 Å². The molecule has 188 valence electrons. The highest BCUT2D eigenvalue weighted by atomic mass is 16.5.